The number of hydrogen-bond donors (Lipinski definition) is 2. The van der Waals surface area contributed by atoms with Crippen LogP contribution in [0.25, 0.3) is 0 Å². The highest BCUT2D eigenvalue weighted by Crippen LogP contribution is 2.12. The van der Waals surface area contributed by atoms with Gasteiger partial charge in [-0.1, -0.05) is 13.8 Å². The van der Waals surface area contributed by atoms with E-state index in [0.29, 0.717) is 12.5 Å². The zero-order valence-corrected chi connectivity index (χ0v) is 11.0. The quantitative estimate of drug-likeness (QED) is 0.678. The fourth-order valence-corrected chi connectivity index (χ4v) is 1.52. The highest BCUT2D eigenvalue weighted by atomic mass is 16.5. The Hall–Kier alpha value is -1.13. The third-order valence-electron chi connectivity index (χ3n) is 2.39. The molecule has 0 saturated carbocycles. The van der Waals surface area contributed by atoms with Crippen LogP contribution in [0, 0.1) is 5.92 Å². The van der Waals surface area contributed by atoms with Crippen LogP contribution < -0.4 is 10.6 Å². The largest absolute Gasteiger partial charge is 0.383 e. The molecule has 0 aliphatic heterocycles. The number of ether oxygens (including phenoxy) is 1. The maximum Gasteiger partial charge on any atom is 0.0635 e. The lowest BCUT2D eigenvalue weighted by Crippen LogP contribution is -2.20. The summed E-state index contributed by atoms with van der Waals surface area (Å²) in [5.74, 6) is 0.663. The zero-order valence-electron chi connectivity index (χ0n) is 11.0. The Morgan fingerprint density at radius 3 is 2.94 bits per heavy atom. The average Bonchev–Trinajstić information content (AvgIpc) is 2.31. The molecule has 0 aliphatic carbocycles. The predicted octanol–water partition coefficient (Wildman–Crippen LogP) is 1.89. The fourth-order valence-electron chi connectivity index (χ4n) is 1.52. The molecule has 0 unspecified atom stereocenters. The molecule has 4 heteroatoms. The second-order valence-electron chi connectivity index (χ2n) is 4.48. The molecule has 4 nitrogen and oxygen atoms in total. The molecule has 1 aromatic heterocycles. The van der Waals surface area contributed by atoms with E-state index in [9.17, 15) is 0 Å². The molecule has 17 heavy (non-hydrogen) atoms. The van der Waals surface area contributed by atoms with Crippen molar-refractivity contribution in [3.63, 3.8) is 0 Å². The van der Waals surface area contributed by atoms with E-state index < -0.39 is 0 Å². The monoisotopic (exact) mass is 237 g/mol. The van der Waals surface area contributed by atoms with Crippen LogP contribution in [0.4, 0.5) is 5.69 Å². The highest BCUT2D eigenvalue weighted by Gasteiger charge is 2.01. The van der Waals surface area contributed by atoms with E-state index >= 15 is 0 Å². The highest BCUT2D eigenvalue weighted by molar-refractivity contribution is 5.49. The molecular weight excluding hydrogens is 214 g/mol. The Bertz CT molecular complexity index is 315. The molecule has 0 fully saturated rings. The minimum atomic E-state index is 0.663. The minimum absolute atomic E-state index is 0.663. The topological polar surface area (TPSA) is 46.2 Å². The van der Waals surface area contributed by atoms with Crippen LogP contribution in [0.3, 0.4) is 0 Å². The molecule has 1 heterocycles. The van der Waals surface area contributed by atoms with Crippen LogP contribution in [-0.2, 0) is 11.3 Å². The van der Waals surface area contributed by atoms with Crippen LogP contribution in [0.5, 0.6) is 0 Å². The number of pyridine rings is 1. The van der Waals surface area contributed by atoms with Crippen molar-refractivity contribution in [2.45, 2.75) is 20.4 Å². The Kier molecular flexibility index (Phi) is 6.58. The number of methoxy groups -OCH3 is 1. The molecule has 1 rings (SSSR count). The van der Waals surface area contributed by atoms with E-state index in [0.717, 1.165) is 25.3 Å². The van der Waals surface area contributed by atoms with Crippen molar-refractivity contribution < 1.29 is 4.74 Å². The molecule has 0 atom stereocenters. The number of anilines is 1. The Balaban J connectivity index is 2.46. The van der Waals surface area contributed by atoms with Crippen LogP contribution in [0.15, 0.2) is 18.5 Å². The van der Waals surface area contributed by atoms with Crippen molar-refractivity contribution in [2.24, 2.45) is 5.92 Å². The van der Waals surface area contributed by atoms with Crippen molar-refractivity contribution >= 4 is 5.69 Å². The van der Waals surface area contributed by atoms with Crippen molar-refractivity contribution in [3.05, 3.63) is 24.0 Å². The first kappa shape index (κ1) is 13.9. The van der Waals surface area contributed by atoms with Crippen LogP contribution >= 0.6 is 0 Å². The van der Waals surface area contributed by atoms with Gasteiger partial charge in [-0.25, -0.2) is 0 Å². The van der Waals surface area contributed by atoms with Gasteiger partial charge in [0, 0.05) is 43.8 Å². The summed E-state index contributed by atoms with van der Waals surface area (Å²) in [6, 6.07) is 2.00. The summed E-state index contributed by atoms with van der Waals surface area (Å²) in [6.45, 7) is 7.80. The van der Waals surface area contributed by atoms with Crippen molar-refractivity contribution in [2.75, 3.05) is 32.1 Å². The van der Waals surface area contributed by atoms with Gasteiger partial charge in [-0.15, -0.1) is 0 Å². The molecule has 1 aromatic rings. The number of rotatable bonds is 8. The van der Waals surface area contributed by atoms with Gasteiger partial charge in [0.2, 0.25) is 0 Å². The van der Waals surface area contributed by atoms with E-state index in [1.54, 1.807) is 13.3 Å². The molecule has 0 spiro atoms. The van der Waals surface area contributed by atoms with Crippen molar-refractivity contribution in [3.8, 4) is 0 Å². The summed E-state index contributed by atoms with van der Waals surface area (Å²) in [7, 11) is 1.71. The second kappa shape index (κ2) is 8.03. The van der Waals surface area contributed by atoms with Gasteiger partial charge in [0.1, 0.15) is 0 Å². The third-order valence-corrected chi connectivity index (χ3v) is 2.39. The molecule has 0 saturated heterocycles. The van der Waals surface area contributed by atoms with Crippen LogP contribution in [0.1, 0.15) is 19.4 Å². The van der Waals surface area contributed by atoms with Crippen molar-refractivity contribution in [1.29, 1.82) is 0 Å². The van der Waals surface area contributed by atoms with Gasteiger partial charge in [0.25, 0.3) is 0 Å². The van der Waals surface area contributed by atoms with E-state index in [1.165, 1.54) is 5.56 Å². The van der Waals surface area contributed by atoms with Gasteiger partial charge in [0.05, 0.1) is 6.61 Å². The molecule has 2 N–H and O–H groups in total. The second-order valence-corrected chi connectivity index (χ2v) is 4.48. The number of aromatic nitrogens is 1. The lowest BCUT2D eigenvalue weighted by molar-refractivity contribution is 0.211. The third kappa shape index (κ3) is 5.65. The van der Waals surface area contributed by atoms with E-state index in [2.05, 4.69) is 29.5 Å². The van der Waals surface area contributed by atoms with Gasteiger partial charge >= 0.3 is 0 Å². The summed E-state index contributed by atoms with van der Waals surface area (Å²) in [6.07, 6.45) is 3.71. The van der Waals surface area contributed by atoms with Crippen LogP contribution in [-0.4, -0.2) is 31.8 Å². The number of nitrogens with zero attached hydrogens (tertiary/aromatic N) is 1. The van der Waals surface area contributed by atoms with E-state index in [-0.39, 0.29) is 0 Å². The first-order valence-electron chi connectivity index (χ1n) is 6.10. The summed E-state index contributed by atoms with van der Waals surface area (Å²) in [4.78, 5) is 4.16. The van der Waals surface area contributed by atoms with Gasteiger partial charge in [-0.2, -0.15) is 0 Å². The standard InChI is InChI=1S/C13H23N3O/c1-11(2)8-15-10-12-9-14-5-4-13(12)16-6-7-17-3/h4-5,9,11,15H,6-8,10H2,1-3H3,(H,14,16). The van der Waals surface area contributed by atoms with Gasteiger partial charge in [-0.05, 0) is 18.5 Å². The zero-order chi connectivity index (χ0) is 12.5. The van der Waals surface area contributed by atoms with Gasteiger partial charge in [0.15, 0.2) is 0 Å². The lowest BCUT2D eigenvalue weighted by Gasteiger charge is -2.12. The molecular formula is C13H23N3O. The first-order valence-corrected chi connectivity index (χ1v) is 6.10. The maximum absolute atomic E-state index is 5.02. The summed E-state index contributed by atoms with van der Waals surface area (Å²) in [5, 5.41) is 6.77. The summed E-state index contributed by atoms with van der Waals surface area (Å²) >= 11 is 0. The SMILES string of the molecule is COCCNc1ccncc1CNCC(C)C. The predicted molar refractivity (Wildman–Crippen MR) is 71.1 cm³/mol. The van der Waals surface area contributed by atoms with Gasteiger partial charge < -0.3 is 15.4 Å². The number of hydrogen-bond acceptors (Lipinski definition) is 4. The van der Waals surface area contributed by atoms with Gasteiger partial charge in [-0.3, -0.25) is 4.98 Å². The first-order chi connectivity index (χ1) is 8.24. The Morgan fingerprint density at radius 2 is 2.24 bits per heavy atom. The normalized spacial score (nSPS) is 10.8. The van der Waals surface area contributed by atoms with Crippen LogP contribution in [0.2, 0.25) is 0 Å². The smallest absolute Gasteiger partial charge is 0.0635 e. The van der Waals surface area contributed by atoms with Crippen molar-refractivity contribution in [1.82, 2.24) is 10.3 Å². The lowest BCUT2D eigenvalue weighted by atomic mass is 10.2. The summed E-state index contributed by atoms with van der Waals surface area (Å²) < 4.78 is 5.02. The fraction of sp³-hybridized carbons (Fsp3) is 0.615. The molecule has 0 aromatic carbocycles. The van der Waals surface area contributed by atoms with E-state index in [4.69, 9.17) is 4.74 Å². The summed E-state index contributed by atoms with van der Waals surface area (Å²) in [5.41, 5.74) is 2.33. The Morgan fingerprint density at radius 1 is 1.41 bits per heavy atom. The number of nitrogens with one attached hydrogen (secondary N) is 2. The minimum Gasteiger partial charge on any atom is -0.383 e. The maximum atomic E-state index is 5.02. The van der Waals surface area contributed by atoms with E-state index in [1.807, 2.05) is 12.3 Å². The Labute approximate surface area is 104 Å². The molecule has 96 valence electrons. The average molecular weight is 237 g/mol. The molecule has 0 aliphatic rings. The molecule has 0 bridgehead atoms. The molecule has 0 amide bonds. The molecule has 0 radical (unpaired) electrons.